The maximum Gasteiger partial charge on any atom is 0.244 e. The van der Waals surface area contributed by atoms with Crippen LogP contribution < -0.4 is 11.1 Å². The number of carbonyl (C=O) groups excluding carboxylic acids is 1. The second-order valence-electron chi connectivity index (χ2n) is 4.25. The van der Waals surface area contributed by atoms with Gasteiger partial charge in [-0.1, -0.05) is 37.3 Å². The molecule has 1 rings (SSSR count). The Kier molecular flexibility index (Phi) is 6.25. The van der Waals surface area contributed by atoms with Crippen molar-refractivity contribution in [2.45, 2.75) is 18.7 Å². The zero-order chi connectivity index (χ0) is 16.0. The Morgan fingerprint density at radius 3 is 2.48 bits per heavy atom. The molecule has 6 nitrogen and oxygen atoms in total. The molecule has 1 aromatic rings. The van der Waals surface area contributed by atoms with Crippen LogP contribution in [-0.4, -0.2) is 43.3 Å². The molecule has 0 atom stereocenters. The molecule has 0 fully saturated rings. The Morgan fingerprint density at radius 1 is 1.33 bits per heavy atom. The van der Waals surface area contributed by atoms with Crippen LogP contribution in [0.15, 0.2) is 29.2 Å². The van der Waals surface area contributed by atoms with Crippen LogP contribution in [0.1, 0.15) is 19.4 Å². The summed E-state index contributed by atoms with van der Waals surface area (Å²) in [5, 5.41) is 2.58. The predicted molar refractivity (Wildman–Crippen MR) is 85.4 cm³/mol. The van der Waals surface area contributed by atoms with Crippen LogP contribution in [0.25, 0.3) is 0 Å². The first-order valence-electron chi connectivity index (χ1n) is 6.50. The summed E-state index contributed by atoms with van der Waals surface area (Å²) in [4.78, 5) is 11.7. The van der Waals surface area contributed by atoms with Crippen molar-refractivity contribution < 1.29 is 13.2 Å². The Morgan fingerprint density at radius 2 is 1.95 bits per heavy atom. The fraction of sp³-hybridized carbons (Fsp3) is 0.385. The van der Waals surface area contributed by atoms with Gasteiger partial charge in [-0.05, 0) is 13.0 Å². The van der Waals surface area contributed by atoms with Crippen molar-refractivity contribution in [2.75, 3.05) is 19.6 Å². The SMILES string of the molecule is CCNC(=O)CN(CC)S(=O)(=O)c1ccccc1C(N)=S. The van der Waals surface area contributed by atoms with Crippen molar-refractivity contribution in [2.24, 2.45) is 5.73 Å². The minimum Gasteiger partial charge on any atom is -0.389 e. The van der Waals surface area contributed by atoms with E-state index < -0.39 is 10.0 Å². The Labute approximate surface area is 130 Å². The molecule has 0 spiro atoms. The van der Waals surface area contributed by atoms with E-state index >= 15 is 0 Å². The van der Waals surface area contributed by atoms with Crippen molar-refractivity contribution in [3.05, 3.63) is 29.8 Å². The number of sulfonamides is 1. The minimum atomic E-state index is -3.84. The highest BCUT2D eigenvalue weighted by atomic mass is 32.2. The lowest BCUT2D eigenvalue weighted by Crippen LogP contribution is -2.41. The molecule has 0 aliphatic rings. The summed E-state index contributed by atoms with van der Waals surface area (Å²) in [5.74, 6) is -0.351. The van der Waals surface area contributed by atoms with Crippen LogP contribution in [0.4, 0.5) is 0 Å². The molecule has 0 radical (unpaired) electrons. The Balaban J connectivity index is 3.19. The van der Waals surface area contributed by atoms with Crippen molar-refractivity contribution in [3.8, 4) is 0 Å². The second-order valence-corrected chi connectivity index (χ2v) is 6.59. The molecule has 1 amide bonds. The van der Waals surface area contributed by atoms with E-state index in [1.165, 1.54) is 6.07 Å². The number of likely N-dealkylation sites (N-methyl/N-ethyl adjacent to an activating group) is 2. The quantitative estimate of drug-likeness (QED) is 0.709. The standard InChI is InChI=1S/C13H19N3O3S2/c1-3-15-12(17)9-16(4-2)21(18,19)11-8-6-5-7-10(11)13(14)20/h5-8H,3-4,9H2,1-2H3,(H2,14,20)(H,15,17). The topological polar surface area (TPSA) is 92.5 Å². The third-order valence-electron chi connectivity index (χ3n) is 2.82. The number of rotatable bonds is 7. The number of hydrogen-bond donors (Lipinski definition) is 2. The van der Waals surface area contributed by atoms with Gasteiger partial charge in [0.2, 0.25) is 15.9 Å². The zero-order valence-electron chi connectivity index (χ0n) is 12.0. The number of hydrogen-bond acceptors (Lipinski definition) is 4. The monoisotopic (exact) mass is 329 g/mol. The van der Waals surface area contributed by atoms with Gasteiger partial charge in [0.15, 0.2) is 0 Å². The summed E-state index contributed by atoms with van der Waals surface area (Å²) in [6.07, 6.45) is 0. The summed E-state index contributed by atoms with van der Waals surface area (Å²) < 4.78 is 26.4. The van der Waals surface area contributed by atoms with E-state index in [1.807, 2.05) is 0 Å². The largest absolute Gasteiger partial charge is 0.389 e. The first-order chi connectivity index (χ1) is 9.84. The number of nitrogens with two attached hydrogens (primary N) is 1. The lowest BCUT2D eigenvalue weighted by molar-refractivity contribution is -0.121. The second kappa shape index (κ2) is 7.48. The van der Waals surface area contributed by atoms with Gasteiger partial charge in [-0.25, -0.2) is 8.42 Å². The number of nitrogens with zero attached hydrogens (tertiary/aromatic N) is 1. The molecule has 0 aliphatic carbocycles. The van der Waals surface area contributed by atoms with Crippen molar-refractivity contribution in [1.82, 2.24) is 9.62 Å². The maximum atomic E-state index is 12.7. The minimum absolute atomic E-state index is 0.00300. The molecule has 8 heteroatoms. The van der Waals surface area contributed by atoms with E-state index in [2.05, 4.69) is 5.32 Å². The molecule has 21 heavy (non-hydrogen) atoms. The van der Waals surface area contributed by atoms with Crippen molar-refractivity contribution >= 4 is 33.1 Å². The predicted octanol–water partition coefficient (Wildman–Crippen LogP) is 0.467. The molecule has 1 aromatic carbocycles. The number of amides is 1. The summed E-state index contributed by atoms with van der Waals surface area (Å²) in [6.45, 7) is 3.81. The summed E-state index contributed by atoms with van der Waals surface area (Å²) in [5.41, 5.74) is 5.85. The van der Waals surface area contributed by atoms with E-state index in [0.29, 0.717) is 6.54 Å². The highest BCUT2D eigenvalue weighted by molar-refractivity contribution is 7.89. The van der Waals surface area contributed by atoms with Gasteiger partial charge in [0.05, 0.1) is 11.4 Å². The summed E-state index contributed by atoms with van der Waals surface area (Å²) in [6, 6.07) is 6.24. The summed E-state index contributed by atoms with van der Waals surface area (Å²) >= 11 is 4.89. The molecule has 0 unspecified atom stereocenters. The van der Waals surface area contributed by atoms with Crippen molar-refractivity contribution in [1.29, 1.82) is 0 Å². The van der Waals surface area contributed by atoms with Gasteiger partial charge in [-0.15, -0.1) is 0 Å². The highest BCUT2D eigenvalue weighted by Gasteiger charge is 2.27. The number of carbonyl (C=O) groups is 1. The fourth-order valence-electron chi connectivity index (χ4n) is 1.81. The van der Waals surface area contributed by atoms with E-state index in [0.717, 1.165) is 4.31 Å². The normalized spacial score (nSPS) is 11.4. The van der Waals surface area contributed by atoms with Crippen LogP contribution in [0.2, 0.25) is 0 Å². The molecule has 0 aromatic heterocycles. The first kappa shape index (κ1) is 17.5. The van der Waals surface area contributed by atoms with Crippen LogP contribution in [-0.2, 0) is 14.8 Å². The number of thiocarbonyl (C=S) groups is 1. The molecule has 0 heterocycles. The lowest BCUT2D eigenvalue weighted by atomic mass is 10.2. The Hall–Kier alpha value is -1.51. The number of benzene rings is 1. The maximum absolute atomic E-state index is 12.7. The molecule has 0 aliphatic heterocycles. The third-order valence-corrected chi connectivity index (χ3v) is 5.02. The van der Waals surface area contributed by atoms with Gasteiger partial charge in [-0.3, -0.25) is 4.79 Å². The fourth-order valence-corrected chi connectivity index (χ4v) is 3.67. The van der Waals surface area contributed by atoms with Gasteiger partial charge in [0.25, 0.3) is 0 Å². The lowest BCUT2D eigenvalue weighted by Gasteiger charge is -2.21. The van der Waals surface area contributed by atoms with Gasteiger partial charge >= 0.3 is 0 Å². The highest BCUT2D eigenvalue weighted by Crippen LogP contribution is 2.20. The van der Waals surface area contributed by atoms with E-state index in [4.69, 9.17) is 18.0 Å². The molecule has 3 N–H and O–H groups in total. The molecular formula is C13H19N3O3S2. The van der Waals surface area contributed by atoms with E-state index in [9.17, 15) is 13.2 Å². The first-order valence-corrected chi connectivity index (χ1v) is 8.35. The zero-order valence-corrected chi connectivity index (χ0v) is 13.6. The van der Waals surface area contributed by atoms with Crippen LogP contribution in [0.5, 0.6) is 0 Å². The number of nitrogens with one attached hydrogen (secondary N) is 1. The van der Waals surface area contributed by atoms with Gasteiger partial charge < -0.3 is 11.1 Å². The van der Waals surface area contributed by atoms with Gasteiger partial charge in [-0.2, -0.15) is 4.31 Å². The van der Waals surface area contributed by atoms with E-state index in [1.54, 1.807) is 32.0 Å². The molecular weight excluding hydrogens is 310 g/mol. The summed E-state index contributed by atoms with van der Waals surface area (Å²) in [7, 11) is -3.84. The molecule has 116 valence electrons. The Bertz CT molecular complexity index is 629. The third kappa shape index (κ3) is 4.23. The van der Waals surface area contributed by atoms with Crippen LogP contribution in [0.3, 0.4) is 0 Å². The molecule has 0 saturated heterocycles. The van der Waals surface area contributed by atoms with E-state index in [-0.39, 0.29) is 34.4 Å². The average Bonchev–Trinajstić information content (AvgIpc) is 2.44. The van der Waals surface area contributed by atoms with Crippen LogP contribution in [0, 0.1) is 0 Å². The van der Waals surface area contributed by atoms with Crippen LogP contribution >= 0.6 is 12.2 Å². The smallest absolute Gasteiger partial charge is 0.244 e. The van der Waals surface area contributed by atoms with Gasteiger partial charge in [0.1, 0.15) is 4.99 Å². The average molecular weight is 329 g/mol. The molecule has 0 bridgehead atoms. The molecule has 0 saturated carbocycles. The van der Waals surface area contributed by atoms with Gasteiger partial charge in [0, 0.05) is 18.7 Å². The van der Waals surface area contributed by atoms with Crippen molar-refractivity contribution in [3.63, 3.8) is 0 Å².